The summed E-state index contributed by atoms with van der Waals surface area (Å²) in [7, 11) is 0. The van der Waals surface area contributed by atoms with Crippen molar-refractivity contribution in [3.05, 3.63) is 94.0 Å². The quantitative estimate of drug-likeness (QED) is 0.621. The number of benzene rings is 3. The molecule has 3 rings (SSSR count). The maximum Gasteiger partial charge on any atom is 0.259 e. The third-order valence-corrected chi connectivity index (χ3v) is 4.51. The van der Waals surface area contributed by atoms with Gasteiger partial charge >= 0.3 is 0 Å². The van der Waals surface area contributed by atoms with Crippen LogP contribution < -0.4 is 10.1 Å². The van der Waals surface area contributed by atoms with Crippen molar-refractivity contribution in [1.82, 2.24) is 0 Å². The highest BCUT2D eigenvalue weighted by molar-refractivity contribution is 6.31. The fourth-order valence-electron chi connectivity index (χ4n) is 2.62. The summed E-state index contributed by atoms with van der Waals surface area (Å²) in [6, 6.07) is 20.7. The van der Waals surface area contributed by atoms with Crippen LogP contribution in [0.4, 0.5) is 5.69 Å². The minimum Gasteiger partial charge on any atom is -0.488 e. The highest BCUT2D eigenvalue weighted by atomic mass is 35.5. The van der Waals surface area contributed by atoms with Gasteiger partial charge in [-0.3, -0.25) is 4.79 Å². The van der Waals surface area contributed by atoms with Crippen LogP contribution in [0.1, 0.15) is 27.0 Å². The Morgan fingerprint density at radius 2 is 1.77 bits per heavy atom. The third kappa shape index (κ3) is 4.24. The van der Waals surface area contributed by atoms with E-state index >= 15 is 0 Å². The minimum absolute atomic E-state index is 0.246. The molecule has 1 amide bonds. The number of anilines is 1. The Morgan fingerprint density at radius 1 is 1.00 bits per heavy atom. The predicted octanol–water partition coefficient (Wildman–Crippen LogP) is 5.79. The molecule has 0 unspecified atom stereocenters. The summed E-state index contributed by atoms with van der Waals surface area (Å²) in [5.74, 6) is 0.255. The van der Waals surface area contributed by atoms with E-state index in [2.05, 4.69) is 5.32 Å². The highest BCUT2D eigenvalue weighted by Gasteiger charge is 2.15. The monoisotopic (exact) mass is 365 g/mol. The number of carbonyl (C=O) groups is 1. The van der Waals surface area contributed by atoms with Gasteiger partial charge in [0.25, 0.3) is 5.91 Å². The normalized spacial score (nSPS) is 10.4. The number of aryl methyl sites for hydroxylation is 1. The fraction of sp³-hybridized carbons (Fsp3) is 0.136. The second kappa shape index (κ2) is 8.07. The Bertz CT molecular complexity index is 923. The van der Waals surface area contributed by atoms with Gasteiger partial charge in [-0.15, -0.1) is 0 Å². The number of ether oxygens (including phenoxy) is 1. The molecule has 0 heterocycles. The fourth-order valence-corrected chi connectivity index (χ4v) is 2.79. The van der Waals surface area contributed by atoms with Crippen LogP contribution in [0.5, 0.6) is 5.75 Å². The van der Waals surface area contributed by atoms with Gasteiger partial charge in [-0.2, -0.15) is 0 Å². The average molecular weight is 366 g/mol. The summed E-state index contributed by atoms with van der Waals surface area (Å²) >= 11 is 6.10. The van der Waals surface area contributed by atoms with Crippen LogP contribution in [-0.2, 0) is 6.61 Å². The molecule has 0 aliphatic heterocycles. The van der Waals surface area contributed by atoms with E-state index in [1.54, 1.807) is 18.2 Å². The lowest BCUT2D eigenvalue weighted by Gasteiger charge is -2.14. The molecule has 0 radical (unpaired) electrons. The van der Waals surface area contributed by atoms with Gasteiger partial charge in [0.2, 0.25) is 0 Å². The first-order valence-electron chi connectivity index (χ1n) is 8.38. The van der Waals surface area contributed by atoms with Crippen molar-refractivity contribution in [3.8, 4) is 5.75 Å². The summed E-state index contributed by atoms with van der Waals surface area (Å²) in [6.07, 6.45) is 0. The minimum atomic E-state index is -0.246. The van der Waals surface area contributed by atoms with Gasteiger partial charge in [0, 0.05) is 10.7 Å². The largest absolute Gasteiger partial charge is 0.488 e. The topological polar surface area (TPSA) is 38.3 Å². The van der Waals surface area contributed by atoms with E-state index in [9.17, 15) is 4.79 Å². The second-order valence-electron chi connectivity index (χ2n) is 6.12. The van der Waals surface area contributed by atoms with Gasteiger partial charge in [0.15, 0.2) is 0 Å². The molecule has 3 aromatic carbocycles. The van der Waals surface area contributed by atoms with Crippen molar-refractivity contribution in [2.24, 2.45) is 0 Å². The molecule has 0 aliphatic carbocycles. The molecule has 132 valence electrons. The molecule has 0 saturated carbocycles. The van der Waals surface area contributed by atoms with Gasteiger partial charge in [-0.1, -0.05) is 54.1 Å². The van der Waals surface area contributed by atoms with Gasteiger partial charge in [0.05, 0.1) is 5.56 Å². The first-order chi connectivity index (χ1) is 12.5. The molecule has 0 atom stereocenters. The van der Waals surface area contributed by atoms with E-state index in [1.807, 2.05) is 62.4 Å². The van der Waals surface area contributed by atoms with Crippen LogP contribution in [-0.4, -0.2) is 5.91 Å². The Kier molecular flexibility index (Phi) is 5.59. The maximum absolute atomic E-state index is 12.8. The summed E-state index contributed by atoms with van der Waals surface area (Å²) in [5, 5.41) is 3.44. The Balaban J connectivity index is 1.82. The number of halogens is 1. The van der Waals surface area contributed by atoms with Crippen LogP contribution >= 0.6 is 11.6 Å². The molecule has 3 nitrogen and oxygen atoms in total. The van der Waals surface area contributed by atoms with Gasteiger partial charge in [-0.05, 0) is 54.8 Å². The van der Waals surface area contributed by atoms with E-state index in [-0.39, 0.29) is 5.91 Å². The summed E-state index contributed by atoms with van der Waals surface area (Å²) in [6.45, 7) is 4.38. The molecule has 26 heavy (non-hydrogen) atoms. The van der Waals surface area contributed by atoms with E-state index in [0.29, 0.717) is 22.9 Å². The molecule has 0 aliphatic rings. The molecule has 0 aromatic heterocycles. The van der Waals surface area contributed by atoms with Crippen LogP contribution in [0.25, 0.3) is 0 Å². The van der Waals surface area contributed by atoms with Crippen molar-refractivity contribution in [1.29, 1.82) is 0 Å². The molecule has 0 saturated heterocycles. The first-order valence-corrected chi connectivity index (χ1v) is 8.76. The molecule has 0 spiro atoms. The Labute approximate surface area is 158 Å². The molecule has 3 aromatic rings. The van der Waals surface area contributed by atoms with Crippen LogP contribution in [0.15, 0.2) is 66.7 Å². The number of hydrogen-bond acceptors (Lipinski definition) is 2. The van der Waals surface area contributed by atoms with Crippen molar-refractivity contribution in [2.45, 2.75) is 20.5 Å². The second-order valence-corrected chi connectivity index (χ2v) is 6.55. The van der Waals surface area contributed by atoms with Crippen LogP contribution in [0, 0.1) is 13.8 Å². The predicted molar refractivity (Wildman–Crippen MR) is 106 cm³/mol. The standard InChI is InChI=1S/C22H20ClNO2/c1-15-7-6-10-20(16(15)2)24-22(25)19-13-18(23)11-12-21(19)26-14-17-8-4-3-5-9-17/h3-13H,14H2,1-2H3,(H,24,25). The smallest absolute Gasteiger partial charge is 0.259 e. The number of rotatable bonds is 5. The molecule has 0 bridgehead atoms. The van der Waals surface area contributed by atoms with Crippen molar-refractivity contribution < 1.29 is 9.53 Å². The van der Waals surface area contributed by atoms with Gasteiger partial charge in [-0.25, -0.2) is 0 Å². The number of carbonyl (C=O) groups excluding carboxylic acids is 1. The Morgan fingerprint density at radius 3 is 2.54 bits per heavy atom. The average Bonchev–Trinajstić information content (AvgIpc) is 2.65. The van der Waals surface area contributed by atoms with Crippen molar-refractivity contribution in [3.63, 3.8) is 0 Å². The van der Waals surface area contributed by atoms with Gasteiger partial charge < -0.3 is 10.1 Å². The summed E-state index contributed by atoms with van der Waals surface area (Å²) < 4.78 is 5.87. The zero-order chi connectivity index (χ0) is 18.5. The zero-order valence-corrected chi connectivity index (χ0v) is 15.5. The first kappa shape index (κ1) is 18.0. The van der Waals surface area contributed by atoms with E-state index in [1.165, 1.54) is 0 Å². The third-order valence-electron chi connectivity index (χ3n) is 4.28. The lowest BCUT2D eigenvalue weighted by atomic mass is 10.1. The lowest BCUT2D eigenvalue weighted by molar-refractivity contribution is 0.102. The summed E-state index contributed by atoms with van der Waals surface area (Å²) in [5.41, 5.74) is 4.38. The highest BCUT2D eigenvalue weighted by Crippen LogP contribution is 2.26. The number of amides is 1. The molecule has 1 N–H and O–H groups in total. The maximum atomic E-state index is 12.8. The molecular weight excluding hydrogens is 346 g/mol. The van der Waals surface area contributed by atoms with Crippen molar-refractivity contribution in [2.75, 3.05) is 5.32 Å². The van der Waals surface area contributed by atoms with E-state index < -0.39 is 0 Å². The molecule has 4 heteroatoms. The summed E-state index contributed by atoms with van der Waals surface area (Å²) in [4.78, 5) is 12.8. The molecular formula is C22H20ClNO2. The zero-order valence-electron chi connectivity index (χ0n) is 14.8. The molecule has 0 fully saturated rings. The number of nitrogens with one attached hydrogen (secondary N) is 1. The number of hydrogen-bond donors (Lipinski definition) is 1. The van der Waals surface area contributed by atoms with Crippen LogP contribution in [0.3, 0.4) is 0 Å². The van der Waals surface area contributed by atoms with Crippen molar-refractivity contribution >= 4 is 23.2 Å². The van der Waals surface area contributed by atoms with Gasteiger partial charge in [0.1, 0.15) is 12.4 Å². The Hall–Kier alpha value is -2.78. The van der Waals surface area contributed by atoms with E-state index in [4.69, 9.17) is 16.3 Å². The lowest BCUT2D eigenvalue weighted by Crippen LogP contribution is -2.14. The van der Waals surface area contributed by atoms with Crippen LogP contribution in [0.2, 0.25) is 5.02 Å². The van der Waals surface area contributed by atoms with E-state index in [0.717, 1.165) is 22.4 Å². The SMILES string of the molecule is Cc1cccc(NC(=O)c2cc(Cl)ccc2OCc2ccccc2)c1C.